The summed E-state index contributed by atoms with van der Waals surface area (Å²) in [5.41, 5.74) is 3.35. The Labute approximate surface area is 203 Å². The van der Waals surface area contributed by atoms with Crippen LogP contribution in [-0.2, 0) is 6.54 Å². The van der Waals surface area contributed by atoms with Gasteiger partial charge in [-0.25, -0.2) is 4.39 Å². The fraction of sp³-hybridized carbons (Fsp3) is 0.423. The maximum atomic E-state index is 14.1. The lowest BCUT2D eigenvalue weighted by Gasteiger charge is -2.33. The summed E-state index contributed by atoms with van der Waals surface area (Å²) in [5, 5.41) is 2.25. The molecule has 2 aliphatic rings. The molecule has 174 valence electrons. The molecule has 5 rings (SSSR count). The monoisotopic (exact) mass is 487 g/mol. The Bertz CT molecular complexity index is 1140. The van der Waals surface area contributed by atoms with Crippen molar-refractivity contribution in [3.63, 3.8) is 0 Å². The number of halogens is 3. The van der Waals surface area contributed by atoms with Crippen molar-refractivity contribution in [2.45, 2.75) is 44.6 Å². The van der Waals surface area contributed by atoms with Gasteiger partial charge < -0.3 is 9.88 Å². The minimum absolute atomic E-state index is 0.0269. The van der Waals surface area contributed by atoms with Crippen LogP contribution in [0.1, 0.15) is 59.6 Å². The first-order chi connectivity index (χ1) is 16.0. The minimum atomic E-state index is -0.285. The van der Waals surface area contributed by atoms with E-state index in [1.807, 2.05) is 23.1 Å². The van der Waals surface area contributed by atoms with Gasteiger partial charge in [-0.15, -0.1) is 0 Å². The van der Waals surface area contributed by atoms with Crippen LogP contribution in [0.5, 0.6) is 0 Å². The van der Waals surface area contributed by atoms with E-state index in [-0.39, 0.29) is 11.7 Å². The number of amides is 1. The van der Waals surface area contributed by atoms with Crippen molar-refractivity contribution in [2.24, 2.45) is 0 Å². The fourth-order valence-electron chi connectivity index (χ4n) is 5.33. The molecular weight excluding hydrogens is 460 g/mol. The quantitative estimate of drug-likeness (QED) is 0.448. The molecule has 0 aliphatic carbocycles. The predicted octanol–water partition coefficient (Wildman–Crippen LogP) is 6.62. The number of rotatable bonds is 4. The third-order valence-electron chi connectivity index (χ3n) is 7.10. The highest BCUT2D eigenvalue weighted by Gasteiger charge is 2.28. The van der Waals surface area contributed by atoms with Gasteiger partial charge in [0.15, 0.2) is 0 Å². The average molecular weight is 488 g/mol. The molecule has 7 heteroatoms. The molecule has 1 N–H and O–H groups in total. The largest absolute Gasteiger partial charge is 0.350 e. The first kappa shape index (κ1) is 22.7. The predicted molar refractivity (Wildman–Crippen MR) is 132 cm³/mol. The topological polar surface area (TPSA) is 39.3 Å². The number of nitrogens with zero attached hydrogens (tertiary/aromatic N) is 2. The Morgan fingerprint density at radius 1 is 1.00 bits per heavy atom. The van der Waals surface area contributed by atoms with Crippen LogP contribution < -0.4 is 0 Å². The fourth-order valence-corrected chi connectivity index (χ4v) is 6.03. The first-order valence-electron chi connectivity index (χ1n) is 11.8. The lowest BCUT2D eigenvalue weighted by atomic mass is 9.89. The molecule has 2 saturated heterocycles. The van der Waals surface area contributed by atoms with Crippen LogP contribution in [0.3, 0.4) is 0 Å². The van der Waals surface area contributed by atoms with Crippen molar-refractivity contribution in [3.05, 3.63) is 69.1 Å². The molecule has 0 spiro atoms. The van der Waals surface area contributed by atoms with Crippen molar-refractivity contribution >= 4 is 40.0 Å². The zero-order chi connectivity index (χ0) is 22.9. The molecule has 2 aromatic carbocycles. The van der Waals surface area contributed by atoms with E-state index < -0.39 is 0 Å². The SMILES string of the molecule is O=C(c1[nH]c2ccc(F)cc2c1CN1CCC(c2c(Cl)cccc2Cl)CC1)N1CCCCC1. The molecule has 3 heterocycles. The maximum absolute atomic E-state index is 14.1. The number of hydrogen-bond acceptors (Lipinski definition) is 2. The number of aromatic nitrogens is 1. The molecule has 33 heavy (non-hydrogen) atoms. The van der Waals surface area contributed by atoms with Crippen molar-refractivity contribution in [1.29, 1.82) is 0 Å². The molecule has 0 unspecified atom stereocenters. The van der Waals surface area contributed by atoms with Crippen LogP contribution in [0.15, 0.2) is 36.4 Å². The van der Waals surface area contributed by atoms with Crippen molar-refractivity contribution < 1.29 is 9.18 Å². The summed E-state index contributed by atoms with van der Waals surface area (Å²) in [4.78, 5) is 21.0. The van der Waals surface area contributed by atoms with Gasteiger partial charge in [0.25, 0.3) is 5.91 Å². The molecule has 0 atom stereocenters. The Hall–Kier alpha value is -2.08. The highest BCUT2D eigenvalue weighted by atomic mass is 35.5. The van der Waals surface area contributed by atoms with Gasteiger partial charge in [-0.1, -0.05) is 29.3 Å². The molecule has 0 bridgehead atoms. The maximum Gasteiger partial charge on any atom is 0.270 e. The van der Waals surface area contributed by atoms with E-state index in [0.29, 0.717) is 18.2 Å². The van der Waals surface area contributed by atoms with Crippen molar-refractivity contribution in [1.82, 2.24) is 14.8 Å². The number of carbonyl (C=O) groups excluding carboxylic acids is 1. The summed E-state index contributed by atoms with van der Waals surface area (Å²) in [6.07, 6.45) is 5.12. The van der Waals surface area contributed by atoms with E-state index in [0.717, 1.165) is 83.9 Å². The molecular formula is C26H28Cl2FN3O. The standard InChI is InChI=1S/C26H28Cl2FN3O/c27-21-5-4-6-22(28)24(21)17-9-13-31(14-10-17)16-20-19-15-18(29)7-8-23(19)30-25(20)26(33)32-11-2-1-3-12-32/h4-8,15,17,30H,1-3,9-14,16H2. The van der Waals surface area contributed by atoms with E-state index in [1.54, 1.807) is 12.1 Å². The van der Waals surface area contributed by atoms with E-state index >= 15 is 0 Å². The van der Waals surface area contributed by atoms with Crippen LogP contribution in [0, 0.1) is 5.82 Å². The van der Waals surface area contributed by atoms with Gasteiger partial charge in [-0.05, 0) is 87.0 Å². The summed E-state index contributed by atoms with van der Waals surface area (Å²) in [6.45, 7) is 3.91. The highest BCUT2D eigenvalue weighted by molar-refractivity contribution is 6.36. The third-order valence-corrected chi connectivity index (χ3v) is 7.76. The Balaban J connectivity index is 1.38. The molecule has 2 aliphatic heterocycles. The summed E-state index contributed by atoms with van der Waals surface area (Å²) in [5.74, 6) is 0.0585. The Morgan fingerprint density at radius 3 is 2.39 bits per heavy atom. The minimum Gasteiger partial charge on any atom is -0.350 e. The normalized spacial score (nSPS) is 18.2. The number of piperidine rings is 2. The molecule has 1 amide bonds. The second-order valence-corrected chi connectivity index (χ2v) is 10.0. The van der Waals surface area contributed by atoms with E-state index in [4.69, 9.17) is 23.2 Å². The number of hydrogen-bond donors (Lipinski definition) is 1. The zero-order valence-corrected chi connectivity index (χ0v) is 20.1. The third kappa shape index (κ3) is 4.64. The summed E-state index contributed by atoms with van der Waals surface area (Å²) < 4.78 is 14.1. The van der Waals surface area contributed by atoms with E-state index in [1.165, 1.54) is 12.5 Å². The smallest absolute Gasteiger partial charge is 0.270 e. The average Bonchev–Trinajstić information content (AvgIpc) is 3.17. The highest BCUT2D eigenvalue weighted by Crippen LogP contribution is 2.38. The molecule has 3 aromatic rings. The van der Waals surface area contributed by atoms with E-state index in [9.17, 15) is 9.18 Å². The second-order valence-electron chi connectivity index (χ2n) is 9.21. The summed E-state index contributed by atoms with van der Waals surface area (Å²) >= 11 is 12.9. The Morgan fingerprint density at radius 2 is 1.70 bits per heavy atom. The number of H-pyrrole nitrogens is 1. The van der Waals surface area contributed by atoms with Gasteiger partial charge in [-0.2, -0.15) is 0 Å². The van der Waals surface area contributed by atoms with Gasteiger partial charge in [0.2, 0.25) is 0 Å². The Kier molecular flexibility index (Phi) is 6.64. The molecule has 2 fully saturated rings. The molecule has 0 saturated carbocycles. The van der Waals surface area contributed by atoms with Crippen LogP contribution in [-0.4, -0.2) is 46.9 Å². The van der Waals surface area contributed by atoms with Crippen molar-refractivity contribution in [3.8, 4) is 0 Å². The number of carbonyl (C=O) groups is 1. The zero-order valence-electron chi connectivity index (χ0n) is 18.5. The lowest BCUT2D eigenvalue weighted by molar-refractivity contribution is 0.0716. The first-order valence-corrected chi connectivity index (χ1v) is 12.5. The number of nitrogens with one attached hydrogen (secondary N) is 1. The summed E-state index contributed by atoms with van der Waals surface area (Å²) in [7, 11) is 0. The van der Waals surface area contributed by atoms with Crippen molar-refractivity contribution in [2.75, 3.05) is 26.2 Å². The van der Waals surface area contributed by atoms with Crippen LogP contribution in [0.4, 0.5) is 4.39 Å². The van der Waals surface area contributed by atoms with Gasteiger partial charge in [0, 0.05) is 46.1 Å². The number of benzene rings is 2. The molecule has 1 aromatic heterocycles. The number of likely N-dealkylation sites (tertiary alicyclic amines) is 2. The molecule has 0 radical (unpaired) electrons. The van der Waals surface area contributed by atoms with Gasteiger partial charge in [-0.3, -0.25) is 9.69 Å². The summed E-state index contributed by atoms with van der Waals surface area (Å²) in [6, 6.07) is 10.4. The number of aromatic amines is 1. The van der Waals surface area contributed by atoms with Gasteiger partial charge in [0.1, 0.15) is 11.5 Å². The second kappa shape index (κ2) is 9.65. The number of fused-ring (bicyclic) bond motifs is 1. The van der Waals surface area contributed by atoms with Gasteiger partial charge >= 0.3 is 0 Å². The van der Waals surface area contributed by atoms with Crippen LogP contribution in [0.2, 0.25) is 10.0 Å². The lowest BCUT2D eigenvalue weighted by Crippen LogP contribution is -2.37. The molecule has 4 nitrogen and oxygen atoms in total. The van der Waals surface area contributed by atoms with Crippen LogP contribution in [0.25, 0.3) is 10.9 Å². The van der Waals surface area contributed by atoms with E-state index in [2.05, 4.69) is 9.88 Å². The van der Waals surface area contributed by atoms with Gasteiger partial charge in [0.05, 0.1) is 0 Å². The van der Waals surface area contributed by atoms with Crippen LogP contribution >= 0.6 is 23.2 Å².